The number of carbonyl (C=O) groups is 3. The zero-order valence-corrected chi connectivity index (χ0v) is 15.6. The lowest BCUT2D eigenvalue weighted by Gasteiger charge is -2.13. The first kappa shape index (κ1) is 20.0. The molecule has 3 rings (SSSR count). The second kappa shape index (κ2) is 8.51. The first-order valence-corrected chi connectivity index (χ1v) is 8.84. The highest BCUT2D eigenvalue weighted by Crippen LogP contribution is 2.30. The largest absolute Gasteiger partial charge is 0.497 e. The van der Waals surface area contributed by atoms with Gasteiger partial charge < -0.3 is 9.47 Å². The Morgan fingerprint density at radius 3 is 2.48 bits per heavy atom. The lowest BCUT2D eigenvalue weighted by atomic mass is 10.1. The van der Waals surface area contributed by atoms with Crippen LogP contribution in [-0.4, -0.2) is 47.9 Å². The fourth-order valence-electron chi connectivity index (χ4n) is 3.02. The number of carbonyl (C=O) groups excluding carboxylic acids is 3. The summed E-state index contributed by atoms with van der Waals surface area (Å²) in [4.78, 5) is 48.0. The molecule has 0 unspecified atom stereocenters. The minimum Gasteiger partial charge on any atom is -0.497 e. The average Bonchev–Trinajstić information content (AvgIpc) is 2.97. The molecule has 0 atom stereocenters. The highest BCUT2D eigenvalue weighted by molar-refractivity contribution is 6.23. The summed E-state index contributed by atoms with van der Waals surface area (Å²) < 4.78 is 10.2. The molecule has 0 spiro atoms. The van der Waals surface area contributed by atoms with Crippen molar-refractivity contribution in [3.8, 4) is 5.75 Å². The van der Waals surface area contributed by atoms with Crippen LogP contribution < -0.4 is 4.74 Å². The van der Waals surface area contributed by atoms with Crippen LogP contribution in [0.2, 0.25) is 0 Å². The highest BCUT2D eigenvalue weighted by atomic mass is 16.6. The maximum absolute atomic E-state index is 12.4. The van der Waals surface area contributed by atoms with E-state index in [0.717, 1.165) is 16.2 Å². The highest BCUT2D eigenvalue weighted by Gasteiger charge is 2.40. The molecule has 2 aromatic carbocycles. The number of methoxy groups -OCH3 is 1. The Morgan fingerprint density at radius 1 is 1.10 bits per heavy atom. The molecule has 9 nitrogen and oxygen atoms in total. The first-order chi connectivity index (χ1) is 13.9. The molecule has 0 aromatic heterocycles. The van der Waals surface area contributed by atoms with Gasteiger partial charge in [0.15, 0.2) is 0 Å². The Morgan fingerprint density at radius 2 is 1.83 bits per heavy atom. The van der Waals surface area contributed by atoms with Crippen molar-refractivity contribution < 1.29 is 28.8 Å². The Kier molecular flexibility index (Phi) is 5.87. The summed E-state index contributed by atoms with van der Waals surface area (Å²) in [6, 6.07) is 11.2. The van der Waals surface area contributed by atoms with Gasteiger partial charge in [0, 0.05) is 19.0 Å². The molecule has 2 aromatic rings. The summed E-state index contributed by atoms with van der Waals surface area (Å²) in [6.45, 7) is -0.0520. The predicted molar refractivity (Wildman–Crippen MR) is 101 cm³/mol. The Balaban J connectivity index is 1.52. The smallest absolute Gasteiger partial charge is 0.307 e. The van der Waals surface area contributed by atoms with Gasteiger partial charge in [-0.25, -0.2) is 0 Å². The molecule has 150 valence electrons. The van der Waals surface area contributed by atoms with E-state index in [-0.39, 0.29) is 30.7 Å². The first-order valence-electron chi connectivity index (χ1n) is 8.84. The number of amides is 2. The summed E-state index contributed by atoms with van der Waals surface area (Å²) in [6.07, 6.45) is 0.316. The molecular weight excluding hydrogens is 380 g/mol. The number of rotatable bonds is 8. The molecule has 29 heavy (non-hydrogen) atoms. The molecule has 0 fully saturated rings. The number of nitrogens with zero attached hydrogens (tertiary/aromatic N) is 2. The van der Waals surface area contributed by atoms with Gasteiger partial charge in [-0.05, 0) is 23.8 Å². The van der Waals surface area contributed by atoms with E-state index >= 15 is 0 Å². The summed E-state index contributed by atoms with van der Waals surface area (Å²) in [5.41, 5.74) is 0.268. The fraction of sp³-hybridized carbons (Fsp3) is 0.250. The van der Waals surface area contributed by atoms with Crippen molar-refractivity contribution in [1.82, 2.24) is 4.90 Å². The maximum Gasteiger partial charge on any atom is 0.307 e. The van der Waals surface area contributed by atoms with Crippen LogP contribution in [0.25, 0.3) is 0 Å². The Labute approximate surface area is 166 Å². The number of fused-ring (bicyclic) bond motifs is 1. The molecule has 0 saturated heterocycles. The van der Waals surface area contributed by atoms with Crippen molar-refractivity contribution in [2.24, 2.45) is 0 Å². The molecule has 0 N–H and O–H groups in total. The second-order valence-corrected chi connectivity index (χ2v) is 6.29. The van der Waals surface area contributed by atoms with Gasteiger partial charge in [0.2, 0.25) is 0 Å². The van der Waals surface area contributed by atoms with Gasteiger partial charge in [0.05, 0.1) is 30.6 Å². The van der Waals surface area contributed by atoms with Crippen molar-refractivity contribution >= 4 is 23.5 Å². The van der Waals surface area contributed by atoms with Crippen LogP contribution in [0.3, 0.4) is 0 Å². The molecule has 0 bridgehead atoms. The number of esters is 1. The molecule has 1 aliphatic rings. The summed E-state index contributed by atoms with van der Waals surface area (Å²) in [5, 5.41) is 11.1. The van der Waals surface area contributed by atoms with Crippen LogP contribution in [0.4, 0.5) is 5.69 Å². The average molecular weight is 398 g/mol. The van der Waals surface area contributed by atoms with Crippen LogP contribution in [0, 0.1) is 10.1 Å². The van der Waals surface area contributed by atoms with E-state index in [2.05, 4.69) is 0 Å². The monoisotopic (exact) mass is 398 g/mol. The Bertz CT molecular complexity index is 969. The molecule has 2 amide bonds. The fourth-order valence-corrected chi connectivity index (χ4v) is 3.02. The number of hydrogen-bond donors (Lipinski definition) is 0. The van der Waals surface area contributed by atoms with Gasteiger partial charge in [0.25, 0.3) is 17.5 Å². The molecule has 0 saturated carbocycles. The maximum atomic E-state index is 12.4. The van der Waals surface area contributed by atoms with Crippen molar-refractivity contribution in [2.45, 2.75) is 12.8 Å². The van der Waals surface area contributed by atoms with Gasteiger partial charge in [-0.2, -0.15) is 0 Å². The quantitative estimate of drug-likeness (QED) is 0.290. The molecule has 9 heteroatoms. The lowest BCUT2D eigenvalue weighted by Crippen LogP contribution is -2.32. The van der Waals surface area contributed by atoms with Gasteiger partial charge in [-0.1, -0.05) is 18.2 Å². The third kappa shape index (κ3) is 4.23. The molecule has 0 aliphatic carbocycles. The summed E-state index contributed by atoms with van der Waals surface area (Å²) in [7, 11) is 1.57. The van der Waals surface area contributed by atoms with Crippen LogP contribution in [0.5, 0.6) is 5.75 Å². The summed E-state index contributed by atoms with van der Waals surface area (Å²) >= 11 is 0. The van der Waals surface area contributed by atoms with E-state index in [9.17, 15) is 24.5 Å². The van der Waals surface area contributed by atoms with E-state index in [4.69, 9.17) is 9.47 Å². The van der Waals surface area contributed by atoms with E-state index in [1.807, 2.05) is 12.1 Å². The van der Waals surface area contributed by atoms with E-state index in [1.165, 1.54) is 18.2 Å². The molecule has 1 heterocycles. The van der Waals surface area contributed by atoms with Crippen LogP contribution in [-0.2, 0) is 16.0 Å². The standard InChI is InChI=1S/C20H18N2O7/c1-28-14-7-5-13(6-8-14)10-12-29-17(23)9-11-21-19(24)15-3-2-4-16(22(26)27)18(15)20(21)25/h2-8H,9-12H2,1H3. The lowest BCUT2D eigenvalue weighted by molar-refractivity contribution is -0.385. The van der Waals surface area contributed by atoms with Gasteiger partial charge in [-0.15, -0.1) is 0 Å². The summed E-state index contributed by atoms with van der Waals surface area (Å²) in [5.74, 6) is -1.26. The SMILES string of the molecule is COc1ccc(CCOC(=O)CCN2C(=O)c3cccc([N+](=O)[O-])c3C2=O)cc1. The zero-order valence-electron chi connectivity index (χ0n) is 15.6. The minimum atomic E-state index is -0.775. The zero-order chi connectivity index (χ0) is 21.0. The molecular formula is C20H18N2O7. The number of nitro groups is 1. The predicted octanol–water partition coefficient (Wildman–Crippen LogP) is 2.38. The number of imide groups is 1. The van der Waals surface area contributed by atoms with E-state index < -0.39 is 28.4 Å². The second-order valence-electron chi connectivity index (χ2n) is 6.29. The van der Waals surface area contributed by atoms with Crippen molar-refractivity contribution in [1.29, 1.82) is 0 Å². The van der Waals surface area contributed by atoms with E-state index in [1.54, 1.807) is 19.2 Å². The molecule has 1 aliphatic heterocycles. The van der Waals surface area contributed by atoms with E-state index in [0.29, 0.717) is 6.42 Å². The Hall–Kier alpha value is -3.75. The normalized spacial score (nSPS) is 12.7. The number of benzene rings is 2. The van der Waals surface area contributed by atoms with Crippen LogP contribution in [0.15, 0.2) is 42.5 Å². The number of nitro benzene ring substituents is 1. The molecule has 0 radical (unpaired) electrons. The number of ether oxygens (including phenoxy) is 2. The third-order valence-electron chi connectivity index (χ3n) is 4.53. The van der Waals surface area contributed by atoms with Crippen molar-refractivity contribution in [2.75, 3.05) is 20.3 Å². The van der Waals surface area contributed by atoms with Crippen molar-refractivity contribution in [3.05, 3.63) is 69.3 Å². The van der Waals surface area contributed by atoms with Crippen LogP contribution >= 0.6 is 0 Å². The van der Waals surface area contributed by atoms with Crippen molar-refractivity contribution in [3.63, 3.8) is 0 Å². The van der Waals surface area contributed by atoms with Gasteiger partial charge >= 0.3 is 5.97 Å². The topological polar surface area (TPSA) is 116 Å². The third-order valence-corrected chi connectivity index (χ3v) is 4.53. The number of hydrogen-bond acceptors (Lipinski definition) is 7. The van der Waals surface area contributed by atoms with Gasteiger partial charge in [-0.3, -0.25) is 29.4 Å². The minimum absolute atomic E-state index is 0.0305. The van der Waals surface area contributed by atoms with Crippen LogP contribution in [0.1, 0.15) is 32.7 Å². The van der Waals surface area contributed by atoms with Gasteiger partial charge in [0.1, 0.15) is 11.3 Å².